The predicted molar refractivity (Wildman–Crippen MR) is 94.5 cm³/mol. The van der Waals surface area contributed by atoms with E-state index in [1.807, 2.05) is 26.8 Å². The maximum atomic E-state index is 13.2. The number of halogens is 3. The summed E-state index contributed by atoms with van der Waals surface area (Å²) in [6.45, 7) is 5.86. The first kappa shape index (κ1) is 17.5. The number of fused-ring (bicyclic) bond motifs is 2. The van der Waals surface area contributed by atoms with Gasteiger partial charge < -0.3 is 5.32 Å². The Labute approximate surface area is 153 Å². The number of nitrogens with one attached hydrogen (secondary N) is 1. The number of carbonyl (C=O) groups excluding carboxylic acids is 1. The molecular formula is C19H17F3N4O. The van der Waals surface area contributed by atoms with Crippen LogP contribution in [0.5, 0.6) is 0 Å². The van der Waals surface area contributed by atoms with Crippen LogP contribution in [0.15, 0.2) is 30.6 Å². The van der Waals surface area contributed by atoms with Crippen LogP contribution in [0, 0.1) is 0 Å². The summed E-state index contributed by atoms with van der Waals surface area (Å²) in [7, 11) is 0. The maximum absolute atomic E-state index is 13.2. The van der Waals surface area contributed by atoms with E-state index in [4.69, 9.17) is 0 Å². The average molecular weight is 374 g/mol. The van der Waals surface area contributed by atoms with Crippen LogP contribution in [0.4, 0.5) is 18.9 Å². The van der Waals surface area contributed by atoms with E-state index >= 15 is 0 Å². The lowest BCUT2D eigenvalue weighted by molar-refractivity contribution is -0.141. The molecule has 0 fully saturated rings. The van der Waals surface area contributed by atoms with Crippen molar-refractivity contribution in [2.24, 2.45) is 0 Å². The molecule has 3 heterocycles. The standard InChI is InChI=1S/C19H17F3N4O/c1-18(2,3)17-16(10-4-5-12-11(6-10)7-15(27)24-12)13-8-14(19(20,21)22)23-9-26(13)25-17/h4-6,8-9H,7H2,1-3H3,(H,24,27). The van der Waals surface area contributed by atoms with Crippen LogP contribution in [0.2, 0.25) is 0 Å². The van der Waals surface area contributed by atoms with Crippen molar-refractivity contribution >= 4 is 17.1 Å². The van der Waals surface area contributed by atoms with Crippen molar-refractivity contribution in [2.45, 2.75) is 38.8 Å². The molecule has 5 nitrogen and oxygen atoms in total. The van der Waals surface area contributed by atoms with Gasteiger partial charge in [-0.15, -0.1) is 0 Å². The number of hydrogen-bond acceptors (Lipinski definition) is 3. The number of rotatable bonds is 1. The molecule has 0 saturated heterocycles. The molecular weight excluding hydrogens is 357 g/mol. The molecule has 0 saturated carbocycles. The van der Waals surface area contributed by atoms with E-state index in [-0.39, 0.29) is 12.3 Å². The highest BCUT2D eigenvalue weighted by Gasteiger charge is 2.34. The minimum Gasteiger partial charge on any atom is -0.326 e. The monoisotopic (exact) mass is 374 g/mol. The van der Waals surface area contributed by atoms with E-state index in [0.29, 0.717) is 16.8 Å². The Bertz CT molecular complexity index is 1080. The Morgan fingerprint density at radius 2 is 1.89 bits per heavy atom. The van der Waals surface area contributed by atoms with Crippen molar-refractivity contribution in [3.63, 3.8) is 0 Å². The van der Waals surface area contributed by atoms with Crippen LogP contribution in [-0.2, 0) is 22.8 Å². The van der Waals surface area contributed by atoms with E-state index < -0.39 is 17.3 Å². The highest BCUT2D eigenvalue weighted by Crippen LogP contribution is 2.39. The predicted octanol–water partition coefficient (Wildman–Crippen LogP) is 4.21. The van der Waals surface area contributed by atoms with Gasteiger partial charge in [-0.05, 0) is 29.3 Å². The molecule has 27 heavy (non-hydrogen) atoms. The van der Waals surface area contributed by atoms with Gasteiger partial charge in [0.2, 0.25) is 5.91 Å². The fourth-order valence-electron chi connectivity index (χ4n) is 3.31. The Morgan fingerprint density at radius 1 is 1.15 bits per heavy atom. The van der Waals surface area contributed by atoms with Crippen molar-refractivity contribution in [2.75, 3.05) is 5.32 Å². The largest absolute Gasteiger partial charge is 0.433 e. The zero-order valence-electron chi connectivity index (χ0n) is 15.0. The van der Waals surface area contributed by atoms with Gasteiger partial charge in [0.1, 0.15) is 12.0 Å². The summed E-state index contributed by atoms with van der Waals surface area (Å²) >= 11 is 0. The number of amides is 1. The molecule has 0 atom stereocenters. The third-order valence-corrected chi connectivity index (χ3v) is 4.55. The summed E-state index contributed by atoms with van der Waals surface area (Å²) in [5.74, 6) is -0.0957. The molecule has 2 aromatic heterocycles. The lowest BCUT2D eigenvalue weighted by atomic mass is 9.86. The first-order valence-corrected chi connectivity index (χ1v) is 8.43. The molecule has 8 heteroatoms. The van der Waals surface area contributed by atoms with Crippen molar-refractivity contribution in [3.8, 4) is 11.1 Å². The van der Waals surface area contributed by atoms with Crippen LogP contribution in [0.1, 0.15) is 37.7 Å². The minimum absolute atomic E-state index is 0.0957. The Hall–Kier alpha value is -2.90. The van der Waals surface area contributed by atoms with Gasteiger partial charge in [0.15, 0.2) is 0 Å². The quantitative estimate of drug-likeness (QED) is 0.694. The highest BCUT2D eigenvalue weighted by atomic mass is 19.4. The van der Waals surface area contributed by atoms with Crippen molar-refractivity contribution < 1.29 is 18.0 Å². The molecule has 3 aromatic rings. The fourth-order valence-corrected chi connectivity index (χ4v) is 3.31. The van der Waals surface area contributed by atoms with Gasteiger partial charge in [0.05, 0.1) is 17.6 Å². The maximum Gasteiger partial charge on any atom is 0.433 e. The van der Waals surface area contributed by atoms with Crippen LogP contribution in [0.3, 0.4) is 0 Å². The summed E-state index contributed by atoms with van der Waals surface area (Å²) in [5.41, 5.74) is 2.54. The fraction of sp³-hybridized carbons (Fsp3) is 0.316. The second-order valence-corrected chi connectivity index (χ2v) is 7.67. The van der Waals surface area contributed by atoms with Gasteiger partial charge in [-0.1, -0.05) is 26.8 Å². The molecule has 1 aromatic carbocycles. The van der Waals surface area contributed by atoms with Crippen LogP contribution >= 0.6 is 0 Å². The van der Waals surface area contributed by atoms with E-state index in [2.05, 4.69) is 15.4 Å². The third kappa shape index (κ3) is 2.94. The minimum atomic E-state index is -4.54. The van der Waals surface area contributed by atoms with Gasteiger partial charge >= 0.3 is 6.18 Å². The lowest BCUT2D eigenvalue weighted by Crippen LogP contribution is -2.13. The summed E-state index contributed by atoms with van der Waals surface area (Å²) in [4.78, 5) is 15.1. The normalized spacial score (nSPS) is 14.5. The Morgan fingerprint density at radius 3 is 2.56 bits per heavy atom. The average Bonchev–Trinajstić information content (AvgIpc) is 3.11. The van der Waals surface area contributed by atoms with Crippen LogP contribution < -0.4 is 5.32 Å². The second-order valence-electron chi connectivity index (χ2n) is 7.67. The van der Waals surface area contributed by atoms with Crippen LogP contribution in [-0.4, -0.2) is 20.5 Å². The summed E-state index contributed by atoms with van der Waals surface area (Å²) in [6, 6.07) is 6.43. The second kappa shape index (κ2) is 5.55. The molecule has 1 N–H and O–H groups in total. The van der Waals surface area contributed by atoms with E-state index in [1.54, 1.807) is 12.1 Å². The molecule has 1 amide bonds. The van der Waals surface area contributed by atoms with Crippen LogP contribution in [0.25, 0.3) is 16.6 Å². The zero-order chi connectivity index (χ0) is 19.6. The van der Waals surface area contributed by atoms with Crippen molar-refractivity contribution in [3.05, 3.63) is 47.5 Å². The highest BCUT2D eigenvalue weighted by molar-refractivity contribution is 6.00. The first-order valence-electron chi connectivity index (χ1n) is 8.43. The summed E-state index contributed by atoms with van der Waals surface area (Å²) in [6.07, 6.45) is -3.20. The molecule has 0 spiro atoms. The number of carbonyl (C=O) groups is 1. The van der Waals surface area contributed by atoms with E-state index in [9.17, 15) is 18.0 Å². The van der Waals surface area contributed by atoms with Gasteiger partial charge in [-0.25, -0.2) is 9.50 Å². The number of hydrogen-bond donors (Lipinski definition) is 1. The molecule has 0 unspecified atom stereocenters. The Balaban J connectivity index is 2.00. The van der Waals surface area contributed by atoms with E-state index in [1.165, 1.54) is 4.52 Å². The van der Waals surface area contributed by atoms with Crippen molar-refractivity contribution in [1.82, 2.24) is 14.6 Å². The number of alkyl halides is 3. The number of benzene rings is 1. The SMILES string of the molecule is CC(C)(C)c1nn2cnc(C(F)(F)F)cc2c1-c1ccc2c(c1)CC(=O)N2. The molecule has 1 aliphatic heterocycles. The summed E-state index contributed by atoms with van der Waals surface area (Å²) in [5, 5.41) is 7.26. The smallest absolute Gasteiger partial charge is 0.326 e. The van der Waals surface area contributed by atoms with Gasteiger partial charge in [0, 0.05) is 16.7 Å². The van der Waals surface area contributed by atoms with E-state index in [0.717, 1.165) is 29.2 Å². The molecule has 0 bridgehead atoms. The summed E-state index contributed by atoms with van der Waals surface area (Å²) < 4.78 is 40.9. The van der Waals surface area contributed by atoms with Gasteiger partial charge in [0.25, 0.3) is 0 Å². The molecule has 140 valence electrons. The number of anilines is 1. The number of nitrogens with zero attached hydrogens (tertiary/aromatic N) is 3. The van der Waals surface area contributed by atoms with Gasteiger partial charge in [-0.3, -0.25) is 4.79 Å². The molecule has 0 aliphatic carbocycles. The van der Waals surface area contributed by atoms with Crippen molar-refractivity contribution in [1.29, 1.82) is 0 Å². The topological polar surface area (TPSA) is 59.3 Å². The van der Waals surface area contributed by atoms with Gasteiger partial charge in [-0.2, -0.15) is 18.3 Å². The Kier molecular flexibility index (Phi) is 3.60. The third-order valence-electron chi connectivity index (χ3n) is 4.55. The zero-order valence-corrected chi connectivity index (χ0v) is 15.0. The first-order chi connectivity index (χ1) is 12.5. The molecule has 4 rings (SSSR count). The number of aromatic nitrogens is 3. The molecule has 1 aliphatic rings. The lowest BCUT2D eigenvalue weighted by Gasteiger charge is -2.18. The molecule has 0 radical (unpaired) electrons.